The number of nitrogens with zero attached hydrogens (tertiary/aromatic N) is 2. The molecule has 8 rings (SSSR count). The van der Waals surface area contributed by atoms with Crippen molar-refractivity contribution in [1.82, 2.24) is 45.5 Å². The Labute approximate surface area is 390 Å². The zero-order valence-electron chi connectivity index (χ0n) is 40.2. The molecule has 0 unspecified atom stereocenters. The molecule has 7 heterocycles. The van der Waals surface area contributed by atoms with Crippen LogP contribution in [0, 0.1) is 27.7 Å². The Bertz CT molecular complexity index is 3270. The summed E-state index contributed by atoms with van der Waals surface area (Å²) in [5.41, 5.74) is 17.3. The molecule has 0 fully saturated rings. The molecule has 348 valence electrons. The number of aliphatic carboxylic acids is 1. The minimum atomic E-state index is -1.91. The number of aryl methyl sites for hydroxylation is 2. The highest BCUT2D eigenvalue weighted by atomic mass is 16.5. The van der Waals surface area contributed by atoms with Gasteiger partial charge in [0.1, 0.15) is 18.4 Å². The standard InChI is InChI=1S/C51H59N11O5/c1-29-19-35-22-43-31(3)39(13-15-49(64)65)46(60-43)25-45-38(32(4)44(61-45)24-42-30(2)20-34(59-42)21-41(29)58-35)12-14-48(63)62-40(7-5-6-16-52)51(66)53-17-18-67-37-10-8-33(9-11-37)26-54-36-23-47-50(55-27-36)57-28-56-47/h8-11,19-25,27-28,40,54,58-61H,5-7,12-18,26,52H2,1-4H3,(H,53,66)(H,62,63)(H,64,65)(H,55,56,57)/b34-21?,35-22-,41-21-,42-24?,43-22?,44-24+,45-25-,46-25?/t40-/m0/s1/i26D2. The van der Waals surface area contributed by atoms with E-state index in [1.165, 1.54) is 12.5 Å². The van der Waals surface area contributed by atoms with E-state index >= 15 is 0 Å². The lowest BCUT2D eigenvalue weighted by Gasteiger charge is -2.19. The topological polar surface area (TPSA) is 248 Å². The van der Waals surface area contributed by atoms with Crippen LogP contribution in [-0.2, 0) is 33.7 Å². The van der Waals surface area contributed by atoms with Crippen LogP contribution in [-0.4, -0.2) is 83.5 Å². The molecule has 1 aromatic carbocycles. The van der Waals surface area contributed by atoms with Crippen molar-refractivity contribution in [2.45, 2.75) is 85.2 Å². The summed E-state index contributed by atoms with van der Waals surface area (Å²) in [6.45, 7) is 7.02. The largest absolute Gasteiger partial charge is 0.492 e. The molecule has 0 saturated carbocycles. The van der Waals surface area contributed by atoms with Gasteiger partial charge in [0, 0.05) is 63.5 Å². The van der Waals surface area contributed by atoms with E-state index in [0.29, 0.717) is 66.8 Å². The smallest absolute Gasteiger partial charge is 0.303 e. The van der Waals surface area contributed by atoms with Gasteiger partial charge in [-0.2, -0.15) is 0 Å². The van der Waals surface area contributed by atoms with Gasteiger partial charge in [-0.3, -0.25) is 14.4 Å². The van der Waals surface area contributed by atoms with E-state index in [1.54, 1.807) is 30.3 Å². The minimum Gasteiger partial charge on any atom is -0.492 e. The molecule has 1 atom stereocenters. The van der Waals surface area contributed by atoms with Crippen molar-refractivity contribution >= 4 is 58.9 Å². The summed E-state index contributed by atoms with van der Waals surface area (Å²) >= 11 is 0. The lowest BCUT2D eigenvalue weighted by Crippen LogP contribution is -2.47. The van der Waals surface area contributed by atoms with Crippen molar-refractivity contribution in [3.05, 3.63) is 138 Å². The van der Waals surface area contributed by atoms with E-state index in [2.05, 4.69) is 89.0 Å². The molecular weight excluding hydrogens is 847 g/mol. The van der Waals surface area contributed by atoms with Gasteiger partial charge in [-0.15, -0.1) is 0 Å². The predicted octanol–water partition coefficient (Wildman–Crippen LogP) is 3.50. The van der Waals surface area contributed by atoms with Gasteiger partial charge < -0.3 is 56.4 Å². The molecule has 16 nitrogen and oxygen atoms in total. The number of fused-ring (bicyclic) bond motifs is 9. The number of hydrogen-bond donors (Lipinski definition) is 10. The fourth-order valence-electron chi connectivity index (χ4n) is 8.44. The fraction of sp³-hybridized carbons (Fsp3) is 0.314. The number of H-pyrrole nitrogens is 5. The van der Waals surface area contributed by atoms with Gasteiger partial charge in [0.2, 0.25) is 11.8 Å². The highest BCUT2D eigenvalue weighted by molar-refractivity contribution is 5.87. The number of amides is 2. The molecule has 0 saturated heterocycles. The van der Waals surface area contributed by atoms with Crippen molar-refractivity contribution in [2.75, 3.05) is 25.0 Å². The van der Waals surface area contributed by atoms with Crippen LogP contribution in [0.2, 0.25) is 0 Å². The van der Waals surface area contributed by atoms with E-state index in [9.17, 15) is 19.5 Å². The number of rotatable bonds is 19. The SMILES string of the molecule is [2H]C([2H])(Nc1cnc2nc[nH]c2c1)c1ccc(OCCNC(=O)[C@H](CCCCN)NC(=O)CCc2c(C)/c3[nH]/c2=C\c2[nH]c(c(C)c2CCC(=O)O)/C=c2/cc(C)/c([nH]2)=C/c2cc(C)c([nH]2)/C=3)cc1. The van der Waals surface area contributed by atoms with Gasteiger partial charge in [0.25, 0.3) is 0 Å². The van der Waals surface area contributed by atoms with Gasteiger partial charge in [-0.05, 0) is 160 Å². The number of carboxylic acid groups (broad SMARTS) is 1. The van der Waals surface area contributed by atoms with E-state index in [-0.39, 0.29) is 37.8 Å². The number of nitrogens with one attached hydrogen (secondary N) is 8. The van der Waals surface area contributed by atoms with Crippen molar-refractivity contribution in [3.8, 4) is 5.75 Å². The molecule has 0 aliphatic carbocycles. The summed E-state index contributed by atoms with van der Waals surface area (Å²) in [6.07, 6.45) is 13.8. The van der Waals surface area contributed by atoms with Crippen LogP contribution >= 0.6 is 0 Å². The van der Waals surface area contributed by atoms with Crippen LogP contribution in [0.25, 0.3) is 35.5 Å². The molecule has 1 aliphatic heterocycles. The Morgan fingerprint density at radius 1 is 0.821 bits per heavy atom. The van der Waals surface area contributed by atoms with Gasteiger partial charge >= 0.3 is 5.97 Å². The molecule has 11 N–H and O–H groups in total. The first-order valence-corrected chi connectivity index (χ1v) is 22.6. The zero-order valence-corrected chi connectivity index (χ0v) is 38.2. The fourth-order valence-corrected chi connectivity index (χ4v) is 8.44. The monoisotopic (exact) mass is 907 g/mol. The summed E-state index contributed by atoms with van der Waals surface area (Å²) in [5.74, 6) is -0.993. The van der Waals surface area contributed by atoms with Crippen LogP contribution in [0.4, 0.5) is 5.69 Å². The Hall–Kier alpha value is -7.59. The minimum absolute atomic E-state index is 0.0325. The predicted molar refractivity (Wildman–Crippen MR) is 260 cm³/mol. The van der Waals surface area contributed by atoms with Gasteiger partial charge in [-0.1, -0.05) is 12.1 Å². The lowest BCUT2D eigenvalue weighted by molar-refractivity contribution is -0.137. The number of carboxylic acids is 1. The van der Waals surface area contributed by atoms with E-state index in [4.69, 9.17) is 13.2 Å². The molecule has 1 aliphatic rings. The third kappa shape index (κ3) is 11.3. The molecule has 16 heteroatoms. The third-order valence-electron chi connectivity index (χ3n) is 12.2. The normalized spacial score (nSPS) is 15.1. The first kappa shape index (κ1) is 43.3. The number of ether oxygens (including phenoxy) is 1. The number of aromatic amines is 5. The number of unbranched alkanes of at least 4 members (excludes halogenated alkanes) is 1. The maximum absolute atomic E-state index is 13.8. The third-order valence-corrected chi connectivity index (χ3v) is 12.2. The number of hydrogen-bond acceptors (Lipinski definition) is 8. The van der Waals surface area contributed by atoms with Gasteiger partial charge in [-0.25, -0.2) is 9.97 Å². The van der Waals surface area contributed by atoms with Crippen LogP contribution < -0.4 is 47.8 Å². The van der Waals surface area contributed by atoms with E-state index in [1.807, 2.05) is 26.0 Å². The Kier molecular flexibility index (Phi) is 13.4. The van der Waals surface area contributed by atoms with Crippen molar-refractivity contribution in [2.24, 2.45) is 5.73 Å². The molecular formula is C51H59N11O5. The first-order valence-electron chi connectivity index (χ1n) is 23.6. The maximum atomic E-state index is 13.8. The van der Waals surface area contributed by atoms with Crippen molar-refractivity contribution < 1.29 is 27.0 Å². The van der Waals surface area contributed by atoms with Gasteiger partial charge in [0.15, 0.2) is 5.65 Å². The lowest BCUT2D eigenvalue weighted by atomic mass is 10.0. The van der Waals surface area contributed by atoms with Crippen molar-refractivity contribution in [1.29, 1.82) is 0 Å². The Morgan fingerprint density at radius 2 is 1.63 bits per heavy atom. The molecule has 0 spiro atoms. The molecule has 0 radical (unpaired) electrons. The number of nitrogens with two attached hydrogens (primary N) is 1. The summed E-state index contributed by atoms with van der Waals surface area (Å²) < 4.78 is 23.1. The second-order valence-electron chi connectivity index (χ2n) is 17.0. The Morgan fingerprint density at radius 3 is 2.43 bits per heavy atom. The van der Waals surface area contributed by atoms with Crippen LogP contribution in [0.5, 0.6) is 5.75 Å². The average molecular weight is 908 g/mol. The second kappa shape index (κ2) is 20.7. The quantitative estimate of drug-likeness (QED) is 0.0533. The number of carbonyl (C=O) groups is 3. The van der Waals surface area contributed by atoms with Crippen LogP contribution in [0.3, 0.4) is 0 Å². The number of benzene rings is 1. The maximum Gasteiger partial charge on any atom is 0.303 e. The summed E-state index contributed by atoms with van der Waals surface area (Å²) in [6, 6.07) is 11.8. The number of imidazole rings is 1. The van der Waals surface area contributed by atoms with E-state index in [0.717, 1.165) is 77.6 Å². The average Bonchev–Trinajstić information content (AvgIpc) is 4.12. The second-order valence-corrected chi connectivity index (χ2v) is 17.0. The summed E-state index contributed by atoms with van der Waals surface area (Å²) in [7, 11) is 0. The van der Waals surface area contributed by atoms with Crippen LogP contribution in [0.15, 0.2) is 55.0 Å². The molecule has 8 bridgehead atoms. The number of pyridine rings is 1. The highest BCUT2D eigenvalue weighted by Gasteiger charge is 2.21. The van der Waals surface area contributed by atoms with Crippen molar-refractivity contribution in [3.63, 3.8) is 0 Å². The summed E-state index contributed by atoms with van der Waals surface area (Å²) in [4.78, 5) is 64.8. The van der Waals surface area contributed by atoms with Crippen LogP contribution in [0.1, 0.15) is 96.6 Å². The van der Waals surface area contributed by atoms with E-state index < -0.39 is 18.5 Å². The highest BCUT2D eigenvalue weighted by Crippen LogP contribution is 2.23. The Balaban J connectivity index is 0.957. The molecule has 7 aromatic rings. The number of anilines is 1. The first-order chi connectivity index (χ1) is 33.1. The molecule has 2 amide bonds. The zero-order chi connectivity index (χ0) is 48.8. The molecule has 6 aromatic heterocycles. The van der Waals surface area contributed by atoms with Gasteiger partial charge in [0.05, 0.1) is 33.0 Å². The summed E-state index contributed by atoms with van der Waals surface area (Å²) in [5, 5.41) is 22.0. The number of carbonyl (C=O) groups excluding carboxylic acids is 2. The molecule has 67 heavy (non-hydrogen) atoms. The number of aromatic nitrogens is 7.